The lowest BCUT2D eigenvalue weighted by Crippen LogP contribution is -2.39. The topological polar surface area (TPSA) is 76.6 Å². The van der Waals surface area contributed by atoms with Gasteiger partial charge in [-0.05, 0) is 31.9 Å². The van der Waals surface area contributed by atoms with E-state index >= 15 is 0 Å². The van der Waals surface area contributed by atoms with Crippen molar-refractivity contribution in [3.8, 4) is 11.6 Å². The monoisotopic (exact) mass is 356 g/mol. The Balaban J connectivity index is 1.61. The van der Waals surface area contributed by atoms with E-state index in [1.54, 1.807) is 20.3 Å². The van der Waals surface area contributed by atoms with Gasteiger partial charge in [-0.15, -0.1) is 0 Å². The third-order valence-corrected chi connectivity index (χ3v) is 4.54. The summed E-state index contributed by atoms with van der Waals surface area (Å²) in [6.45, 7) is 3.38. The van der Waals surface area contributed by atoms with E-state index in [9.17, 15) is 4.79 Å². The molecule has 0 unspecified atom stereocenters. The predicted octanol–water partition coefficient (Wildman–Crippen LogP) is 2.66. The molecule has 1 aliphatic heterocycles. The van der Waals surface area contributed by atoms with Gasteiger partial charge >= 0.3 is 0 Å². The number of benzene rings is 1. The number of nitrogens with one attached hydrogen (secondary N) is 1. The molecular weight excluding hydrogens is 332 g/mol. The van der Waals surface area contributed by atoms with Crippen molar-refractivity contribution in [1.29, 1.82) is 0 Å². The number of aromatic nitrogens is 2. The maximum absolute atomic E-state index is 12.6. The molecule has 1 aromatic heterocycles. The first-order valence-corrected chi connectivity index (χ1v) is 8.69. The maximum atomic E-state index is 12.6. The molecule has 0 radical (unpaired) electrons. The van der Waals surface area contributed by atoms with Crippen LogP contribution in [0.1, 0.15) is 18.5 Å². The van der Waals surface area contributed by atoms with Gasteiger partial charge in [0.25, 0.3) is 0 Å². The number of ether oxygens (including phenoxy) is 2. The number of carbonyl (C=O) groups excluding carboxylic acids is 1. The summed E-state index contributed by atoms with van der Waals surface area (Å²) in [4.78, 5) is 23.6. The van der Waals surface area contributed by atoms with E-state index in [-0.39, 0.29) is 11.8 Å². The summed E-state index contributed by atoms with van der Waals surface area (Å²) < 4.78 is 10.5. The first-order valence-electron chi connectivity index (χ1n) is 8.69. The molecular formula is C19H24N4O3. The fraction of sp³-hybridized carbons (Fsp3) is 0.421. The van der Waals surface area contributed by atoms with Crippen LogP contribution in [0.4, 0.5) is 11.6 Å². The molecule has 1 aliphatic rings. The molecule has 1 saturated heterocycles. The normalized spacial score (nSPS) is 14.8. The molecule has 0 saturated carbocycles. The highest BCUT2D eigenvalue weighted by molar-refractivity contribution is 5.94. The van der Waals surface area contributed by atoms with Crippen LogP contribution in [0, 0.1) is 12.8 Å². The molecule has 0 bridgehead atoms. The Labute approximate surface area is 153 Å². The van der Waals surface area contributed by atoms with Gasteiger partial charge in [-0.1, -0.05) is 12.1 Å². The van der Waals surface area contributed by atoms with Crippen LogP contribution in [0.3, 0.4) is 0 Å². The van der Waals surface area contributed by atoms with Crippen LogP contribution >= 0.6 is 0 Å². The first kappa shape index (κ1) is 18.0. The van der Waals surface area contributed by atoms with E-state index in [1.165, 1.54) is 0 Å². The van der Waals surface area contributed by atoms with E-state index in [0.29, 0.717) is 23.3 Å². The fourth-order valence-corrected chi connectivity index (χ4v) is 3.09. The molecule has 138 valence electrons. The van der Waals surface area contributed by atoms with E-state index in [2.05, 4.69) is 20.2 Å². The summed E-state index contributed by atoms with van der Waals surface area (Å²) in [5.41, 5.74) is 1.57. The Morgan fingerprint density at radius 3 is 2.58 bits per heavy atom. The number of hydrogen-bond acceptors (Lipinski definition) is 6. The summed E-state index contributed by atoms with van der Waals surface area (Å²) in [5, 5.41) is 2.98. The van der Waals surface area contributed by atoms with E-state index in [0.717, 1.165) is 31.6 Å². The van der Waals surface area contributed by atoms with E-state index in [1.807, 2.05) is 31.2 Å². The minimum atomic E-state index is -0.0390. The van der Waals surface area contributed by atoms with Gasteiger partial charge in [0.15, 0.2) is 0 Å². The summed E-state index contributed by atoms with van der Waals surface area (Å²) in [7, 11) is 3.19. The van der Waals surface area contributed by atoms with Gasteiger partial charge in [0.1, 0.15) is 5.75 Å². The smallest absolute Gasteiger partial charge is 0.228 e. The Kier molecular flexibility index (Phi) is 5.55. The van der Waals surface area contributed by atoms with Crippen LogP contribution in [0.2, 0.25) is 0 Å². The van der Waals surface area contributed by atoms with Gasteiger partial charge in [-0.25, -0.2) is 4.98 Å². The Bertz CT molecular complexity index is 773. The van der Waals surface area contributed by atoms with Crippen LogP contribution in [0.25, 0.3) is 0 Å². The zero-order chi connectivity index (χ0) is 18.5. The van der Waals surface area contributed by atoms with Crippen LogP contribution in [0.5, 0.6) is 11.6 Å². The quantitative estimate of drug-likeness (QED) is 0.888. The van der Waals surface area contributed by atoms with Gasteiger partial charge in [0.05, 0.1) is 19.9 Å². The number of nitrogens with zero attached hydrogens (tertiary/aromatic N) is 3. The van der Waals surface area contributed by atoms with E-state index in [4.69, 9.17) is 9.47 Å². The molecule has 2 heterocycles. The third kappa shape index (κ3) is 4.04. The van der Waals surface area contributed by atoms with Gasteiger partial charge in [0.2, 0.25) is 17.7 Å². The first-order chi connectivity index (χ1) is 12.6. The SMILES string of the molecule is COc1cc(C)nc(N2CCC(C(=O)Nc3ccccc3OC)CC2)n1. The van der Waals surface area contributed by atoms with Crippen molar-refractivity contribution >= 4 is 17.5 Å². The highest BCUT2D eigenvalue weighted by Gasteiger charge is 2.27. The second-order valence-electron chi connectivity index (χ2n) is 6.30. The Morgan fingerprint density at radius 2 is 1.88 bits per heavy atom. The standard InChI is InChI=1S/C19H24N4O3/c1-13-12-17(26-3)22-19(20-13)23-10-8-14(9-11-23)18(24)21-15-6-4-5-7-16(15)25-2/h4-7,12,14H,8-11H2,1-3H3,(H,21,24). The largest absolute Gasteiger partial charge is 0.495 e. The Hall–Kier alpha value is -2.83. The third-order valence-electron chi connectivity index (χ3n) is 4.54. The molecule has 7 heteroatoms. The van der Waals surface area contributed by atoms with Crippen molar-refractivity contribution in [3.63, 3.8) is 0 Å². The molecule has 26 heavy (non-hydrogen) atoms. The maximum Gasteiger partial charge on any atom is 0.228 e. The average molecular weight is 356 g/mol. The van der Waals surface area contributed by atoms with Gasteiger partial charge < -0.3 is 19.7 Å². The average Bonchev–Trinajstić information content (AvgIpc) is 2.68. The number of carbonyl (C=O) groups is 1. The molecule has 0 aliphatic carbocycles. The van der Waals surface area contributed by atoms with Gasteiger partial charge in [0, 0.05) is 30.8 Å². The van der Waals surface area contributed by atoms with Crippen molar-refractivity contribution in [2.45, 2.75) is 19.8 Å². The van der Waals surface area contributed by atoms with E-state index < -0.39 is 0 Å². The zero-order valence-electron chi connectivity index (χ0n) is 15.4. The number of hydrogen-bond donors (Lipinski definition) is 1. The predicted molar refractivity (Wildman–Crippen MR) is 99.9 cm³/mol. The van der Waals surface area contributed by atoms with Crippen LogP contribution in [-0.2, 0) is 4.79 Å². The number of methoxy groups -OCH3 is 2. The number of piperidine rings is 1. The minimum absolute atomic E-state index is 0.0249. The van der Waals surface area contributed by atoms with Crippen LogP contribution in [0.15, 0.2) is 30.3 Å². The van der Waals surface area contributed by atoms with Crippen molar-refractivity contribution in [2.24, 2.45) is 5.92 Å². The van der Waals surface area contributed by atoms with Crippen molar-refractivity contribution in [3.05, 3.63) is 36.0 Å². The fourth-order valence-electron chi connectivity index (χ4n) is 3.09. The molecule has 3 rings (SSSR count). The van der Waals surface area contributed by atoms with Crippen LogP contribution < -0.4 is 19.7 Å². The minimum Gasteiger partial charge on any atom is -0.495 e. The van der Waals surface area contributed by atoms with Gasteiger partial charge in [-0.3, -0.25) is 4.79 Å². The summed E-state index contributed by atoms with van der Waals surface area (Å²) in [6, 6.07) is 9.24. The van der Waals surface area contributed by atoms with Gasteiger partial charge in [-0.2, -0.15) is 4.98 Å². The molecule has 0 spiro atoms. The Morgan fingerprint density at radius 1 is 1.15 bits per heavy atom. The highest BCUT2D eigenvalue weighted by Crippen LogP contribution is 2.27. The van der Waals surface area contributed by atoms with Crippen molar-refractivity contribution in [2.75, 3.05) is 37.5 Å². The number of amides is 1. The molecule has 2 aromatic rings. The molecule has 1 fully saturated rings. The van der Waals surface area contributed by atoms with Crippen LogP contribution in [-0.4, -0.2) is 43.2 Å². The summed E-state index contributed by atoms with van der Waals surface area (Å²) >= 11 is 0. The summed E-state index contributed by atoms with van der Waals surface area (Å²) in [6.07, 6.45) is 1.50. The molecule has 7 nitrogen and oxygen atoms in total. The molecule has 1 N–H and O–H groups in total. The van der Waals surface area contributed by atoms with Crippen molar-refractivity contribution in [1.82, 2.24) is 9.97 Å². The number of rotatable bonds is 5. The second-order valence-corrected chi connectivity index (χ2v) is 6.30. The number of para-hydroxylation sites is 2. The van der Waals surface area contributed by atoms with Crippen molar-refractivity contribution < 1.29 is 14.3 Å². The zero-order valence-corrected chi connectivity index (χ0v) is 15.4. The number of anilines is 2. The second kappa shape index (κ2) is 8.03. The lowest BCUT2D eigenvalue weighted by molar-refractivity contribution is -0.120. The molecule has 1 aromatic carbocycles. The summed E-state index contributed by atoms with van der Waals surface area (Å²) in [5.74, 6) is 1.87. The number of aryl methyl sites for hydroxylation is 1. The lowest BCUT2D eigenvalue weighted by Gasteiger charge is -2.31. The highest BCUT2D eigenvalue weighted by atomic mass is 16.5. The molecule has 0 atom stereocenters. The molecule has 1 amide bonds. The lowest BCUT2D eigenvalue weighted by atomic mass is 9.96.